The Morgan fingerprint density at radius 1 is 1.54 bits per heavy atom. The first kappa shape index (κ1) is 9.67. The molecule has 1 aromatic carbocycles. The van der Waals surface area contributed by atoms with Crippen molar-refractivity contribution in [3.05, 3.63) is 39.4 Å². The summed E-state index contributed by atoms with van der Waals surface area (Å²) in [5.74, 6) is 0. The van der Waals surface area contributed by atoms with E-state index in [0.29, 0.717) is 11.1 Å². The predicted octanol–water partition coefficient (Wildman–Crippen LogP) is 1.96. The Morgan fingerprint density at radius 2 is 2.15 bits per heavy atom. The summed E-state index contributed by atoms with van der Waals surface area (Å²) in [5.41, 5.74) is 1.23. The smallest absolute Gasteiger partial charge is 0.272 e. The van der Waals surface area contributed by atoms with Gasteiger partial charge in [-0.15, -0.1) is 0 Å². The molecule has 0 bridgehead atoms. The summed E-state index contributed by atoms with van der Waals surface area (Å²) < 4.78 is 0. The fourth-order valence-corrected chi connectivity index (χ4v) is 1.08. The number of aryl methyl sites for hydroxylation is 1. The van der Waals surface area contributed by atoms with E-state index in [2.05, 4.69) is 0 Å². The summed E-state index contributed by atoms with van der Waals surface area (Å²) in [4.78, 5) is 10.1. The van der Waals surface area contributed by atoms with Crippen molar-refractivity contribution < 1.29 is 10.0 Å². The molecule has 0 amide bonds. The topological polar surface area (TPSA) is 63.4 Å². The van der Waals surface area contributed by atoms with Gasteiger partial charge in [-0.2, -0.15) is 0 Å². The van der Waals surface area contributed by atoms with Crippen molar-refractivity contribution in [2.45, 2.75) is 20.0 Å². The van der Waals surface area contributed by atoms with Gasteiger partial charge >= 0.3 is 0 Å². The molecule has 1 N–H and O–H groups in total. The van der Waals surface area contributed by atoms with Crippen LogP contribution in [0.25, 0.3) is 0 Å². The molecule has 1 aromatic rings. The minimum Gasteiger partial charge on any atom is -0.389 e. The maximum atomic E-state index is 10.5. The lowest BCUT2D eigenvalue weighted by molar-refractivity contribution is -0.385. The molecule has 0 aliphatic carbocycles. The lowest BCUT2D eigenvalue weighted by Gasteiger charge is -2.04. The van der Waals surface area contributed by atoms with Gasteiger partial charge in [0.2, 0.25) is 0 Å². The zero-order valence-corrected chi connectivity index (χ0v) is 7.52. The van der Waals surface area contributed by atoms with Gasteiger partial charge in [0, 0.05) is 11.6 Å². The van der Waals surface area contributed by atoms with E-state index in [1.54, 1.807) is 26.0 Å². The van der Waals surface area contributed by atoms with Crippen LogP contribution in [0.3, 0.4) is 0 Å². The highest BCUT2D eigenvalue weighted by Crippen LogP contribution is 2.22. The average Bonchev–Trinajstić information content (AvgIpc) is 2.04. The molecule has 0 aliphatic rings. The zero-order valence-electron chi connectivity index (χ0n) is 7.52. The summed E-state index contributed by atoms with van der Waals surface area (Å²) in [7, 11) is 0. The maximum absolute atomic E-state index is 10.5. The van der Waals surface area contributed by atoms with Crippen LogP contribution < -0.4 is 0 Å². The molecule has 0 aromatic heterocycles. The van der Waals surface area contributed by atoms with Crippen LogP contribution in [-0.4, -0.2) is 10.0 Å². The van der Waals surface area contributed by atoms with E-state index in [1.807, 2.05) is 0 Å². The lowest BCUT2D eigenvalue weighted by Crippen LogP contribution is -1.96. The van der Waals surface area contributed by atoms with Gasteiger partial charge in [-0.1, -0.05) is 12.1 Å². The first-order valence-corrected chi connectivity index (χ1v) is 3.95. The Bertz CT molecular complexity index is 334. The summed E-state index contributed by atoms with van der Waals surface area (Å²) in [5, 5.41) is 19.7. The molecule has 0 saturated heterocycles. The highest BCUT2D eigenvalue weighted by Gasteiger charge is 2.12. The van der Waals surface area contributed by atoms with Gasteiger partial charge in [0.15, 0.2) is 0 Å². The van der Waals surface area contributed by atoms with E-state index in [9.17, 15) is 15.2 Å². The van der Waals surface area contributed by atoms with Crippen molar-refractivity contribution in [3.8, 4) is 0 Å². The second kappa shape index (κ2) is 3.53. The van der Waals surface area contributed by atoms with Crippen molar-refractivity contribution in [3.63, 3.8) is 0 Å². The van der Waals surface area contributed by atoms with E-state index in [4.69, 9.17) is 0 Å². The van der Waals surface area contributed by atoms with Crippen LogP contribution in [0.4, 0.5) is 5.69 Å². The van der Waals surface area contributed by atoms with Crippen LogP contribution in [0, 0.1) is 17.0 Å². The third-order valence-corrected chi connectivity index (χ3v) is 1.91. The molecule has 1 atom stereocenters. The molecule has 0 saturated carbocycles. The van der Waals surface area contributed by atoms with E-state index < -0.39 is 11.0 Å². The monoisotopic (exact) mass is 181 g/mol. The minimum atomic E-state index is -0.667. The standard InChI is InChI=1S/C9H11NO3/c1-6-3-4-8(7(2)11)5-9(6)10(12)13/h3-5,7,11H,1-2H3/t7-/m1/s1. The third-order valence-electron chi connectivity index (χ3n) is 1.91. The molecule has 4 nitrogen and oxygen atoms in total. The molecule has 0 spiro atoms. The fourth-order valence-electron chi connectivity index (χ4n) is 1.08. The fraction of sp³-hybridized carbons (Fsp3) is 0.333. The van der Waals surface area contributed by atoms with Crippen LogP contribution in [0.15, 0.2) is 18.2 Å². The van der Waals surface area contributed by atoms with Crippen LogP contribution in [0.1, 0.15) is 24.2 Å². The normalized spacial score (nSPS) is 12.5. The summed E-state index contributed by atoms with van der Waals surface area (Å²) in [6.07, 6.45) is -0.667. The van der Waals surface area contributed by atoms with Gasteiger partial charge < -0.3 is 5.11 Å². The molecule has 0 fully saturated rings. The molecule has 0 aliphatic heterocycles. The molecule has 1 rings (SSSR count). The second-order valence-electron chi connectivity index (χ2n) is 2.98. The highest BCUT2D eigenvalue weighted by atomic mass is 16.6. The van der Waals surface area contributed by atoms with E-state index in [1.165, 1.54) is 6.07 Å². The summed E-state index contributed by atoms with van der Waals surface area (Å²) in [6, 6.07) is 4.73. The number of nitro groups is 1. The SMILES string of the molecule is Cc1ccc([C@@H](C)O)cc1[N+](=O)[O-]. The van der Waals surface area contributed by atoms with Gasteiger partial charge in [0.1, 0.15) is 0 Å². The van der Waals surface area contributed by atoms with Crippen molar-refractivity contribution in [1.82, 2.24) is 0 Å². The molecular weight excluding hydrogens is 170 g/mol. The van der Waals surface area contributed by atoms with Crippen molar-refractivity contribution in [2.75, 3.05) is 0 Å². The molecule has 0 heterocycles. The molecule has 13 heavy (non-hydrogen) atoms. The predicted molar refractivity (Wildman–Crippen MR) is 48.5 cm³/mol. The largest absolute Gasteiger partial charge is 0.389 e. The van der Waals surface area contributed by atoms with Crippen LogP contribution in [0.2, 0.25) is 0 Å². The summed E-state index contributed by atoms with van der Waals surface area (Å²) >= 11 is 0. The van der Waals surface area contributed by atoms with Crippen molar-refractivity contribution in [2.24, 2.45) is 0 Å². The number of aliphatic hydroxyl groups is 1. The Balaban J connectivity index is 3.19. The van der Waals surface area contributed by atoms with Crippen molar-refractivity contribution >= 4 is 5.69 Å². The number of aliphatic hydroxyl groups excluding tert-OH is 1. The Labute approximate surface area is 76.0 Å². The molecule has 0 radical (unpaired) electrons. The van der Waals surface area contributed by atoms with Crippen molar-refractivity contribution in [1.29, 1.82) is 0 Å². The lowest BCUT2D eigenvalue weighted by atomic mass is 10.1. The van der Waals surface area contributed by atoms with Gasteiger partial charge in [0.05, 0.1) is 11.0 Å². The number of nitrogens with zero attached hydrogens (tertiary/aromatic N) is 1. The summed E-state index contributed by atoms with van der Waals surface area (Å²) in [6.45, 7) is 3.25. The first-order valence-electron chi connectivity index (χ1n) is 3.95. The van der Waals surface area contributed by atoms with Gasteiger partial charge in [-0.3, -0.25) is 10.1 Å². The second-order valence-corrected chi connectivity index (χ2v) is 2.98. The van der Waals surface area contributed by atoms with E-state index >= 15 is 0 Å². The van der Waals surface area contributed by atoms with Crippen LogP contribution in [-0.2, 0) is 0 Å². The van der Waals surface area contributed by atoms with Gasteiger partial charge in [0.25, 0.3) is 5.69 Å². The Kier molecular flexibility index (Phi) is 2.63. The number of hydrogen-bond acceptors (Lipinski definition) is 3. The van der Waals surface area contributed by atoms with Crippen LogP contribution >= 0.6 is 0 Å². The first-order chi connectivity index (χ1) is 6.02. The molecule has 4 heteroatoms. The number of hydrogen-bond donors (Lipinski definition) is 1. The number of rotatable bonds is 2. The van der Waals surface area contributed by atoms with Crippen LogP contribution in [0.5, 0.6) is 0 Å². The number of nitro benzene ring substituents is 1. The Hall–Kier alpha value is -1.42. The molecular formula is C9H11NO3. The molecule has 0 unspecified atom stereocenters. The minimum absolute atomic E-state index is 0.0541. The van der Waals surface area contributed by atoms with E-state index in [0.717, 1.165) is 0 Å². The van der Waals surface area contributed by atoms with E-state index in [-0.39, 0.29) is 5.69 Å². The number of benzene rings is 1. The third kappa shape index (κ3) is 2.03. The Morgan fingerprint density at radius 3 is 2.62 bits per heavy atom. The van der Waals surface area contributed by atoms with Gasteiger partial charge in [-0.05, 0) is 19.4 Å². The highest BCUT2D eigenvalue weighted by molar-refractivity contribution is 5.42. The molecule has 70 valence electrons. The quantitative estimate of drug-likeness (QED) is 0.560. The van der Waals surface area contributed by atoms with Gasteiger partial charge in [-0.25, -0.2) is 0 Å². The zero-order chi connectivity index (χ0) is 10.0. The average molecular weight is 181 g/mol. The maximum Gasteiger partial charge on any atom is 0.272 e.